The summed E-state index contributed by atoms with van der Waals surface area (Å²) in [5.74, 6) is 0. The Morgan fingerprint density at radius 1 is 1.15 bits per heavy atom. The topological polar surface area (TPSA) is 54.0 Å². The summed E-state index contributed by atoms with van der Waals surface area (Å²) in [5, 5.41) is 5.67. The molecule has 1 aromatic carbocycles. The van der Waals surface area contributed by atoms with Gasteiger partial charge in [-0.25, -0.2) is 4.79 Å². The molecule has 20 heavy (non-hydrogen) atoms. The Morgan fingerprint density at radius 3 is 2.75 bits per heavy atom. The molecule has 1 aromatic heterocycles. The second kappa shape index (κ2) is 7.28. The molecule has 0 bridgehead atoms. The molecule has 0 radical (unpaired) electrons. The second-order valence-corrected chi connectivity index (χ2v) is 4.65. The third-order valence-electron chi connectivity index (χ3n) is 3.12. The van der Waals surface area contributed by atoms with Crippen LogP contribution in [0.5, 0.6) is 0 Å². The zero-order valence-electron chi connectivity index (χ0n) is 11.6. The normalized spacial score (nSPS) is 10.1. The van der Waals surface area contributed by atoms with Crippen LogP contribution in [0.25, 0.3) is 0 Å². The average Bonchev–Trinajstić information content (AvgIpc) is 2.48. The minimum atomic E-state index is -0.151. The van der Waals surface area contributed by atoms with Crippen LogP contribution in [0, 0.1) is 6.92 Å². The van der Waals surface area contributed by atoms with Crippen molar-refractivity contribution in [3.05, 3.63) is 65.5 Å². The minimum absolute atomic E-state index is 0.151. The molecule has 0 spiro atoms. The summed E-state index contributed by atoms with van der Waals surface area (Å²) in [6.45, 7) is 3.20. The van der Waals surface area contributed by atoms with Gasteiger partial charge in [0.2, 0.25) is 0 Å². The van der Waals surface area contributed by atoms with Crippen molar-refractivity contribution in [1.29, 1.82) is 0 Å². The smallest absolute Gasteiger partial charge is 0.315 e. The summed E-state index contributed by atoms with van der Waals surface area (Å²) in [4.78, 5) is 15.7. The highest BCUT2D eigenvalue weighted by atomic mass is 16.2. The zero-order valence-corrected chi connectivity index (χ0v) is 11.6. The number of benzene rings is 1. The minimum Gasteiger partial charge on any atom is -0.338 e. The molecular formula is C16H19N3O. The van der Waals surface area contributed by atoms with Gasteiger partial charge in [-0.3, -0.25) is 4.98 Å². The lowest BCUT2D eigenvalue weighted by Crippen LogP contribution is -2.36. The van der Waals surface area contributed by atoms with Gasteiger partial charge in [-0.15, -0.1) is 0 Å². The molecule has 4 nitrogen and oxygen atoms in total. The molecule has 0 saturated heterocycles. The van der Waals surface area contributed by atoms with Crippen molar-refractivity contribution in [3.8, 4) is 0 Å². The number of carbonyl (C=O) groups excluding carboxylic acids is 1. The third-order valence-corrected chi connectivity index (χ3v) is 3.12. The van der Waals surface area contributed by atoms with Crippen LogP contribution in [0.15, 0.2) is 48.8 Å². The lowest BCUT2D eigenvalue weighted by atomic mass is 10.1. The van der Waals surface area contributed by atoms with E-state index in [1.807, 2.05) is 24.3 Å². The second-order valence-electron chi connectivity index (χ2n) is 4.65. The Bertz CT molecular complexity index is 555. The van der Waals surface area contributed by atoms with Crippen molar-refractivity contribution >= 4 is 6.03 Å². The monoisotopic (exact) mass is 269 g/mol. The summed E-state index contributed by atoms with van der Waals surface area (Å²) in [6.07, 6.45) is 4.30. The molecule has 1 heterocycles. The van der Waals surface area contributed by atoms with E-state index < -0.39 is 0 Å². The molecular weight excluding hydrogens is 250 g/mol. The maximum Gasteiger partial charge on any atom is 0.315 e. The lowest BCUT2D eigenvalue weighted by Gasteiger charge is -2.09. The van der Waals surface area contributed by atoms with Gasteiger partial charge < -0.3 is 10.6 Å². The molecule has 2 amide bonds. The van der Waals surface area contributed by atoms with E-state index in [0.717, 1.165) is 12.0 Å². The number of carbonyl (C=O) groups is 1. The molecule has 0 aliphatic heterocycles. The highest BCUT2D eigenvalue weighted by Gasteiger charge is 2.01. The van der Waals surface area contributed by atoms with Gasteiger partial charge in [0, 0.05) is 25.5 Å². The maximum absolute atomic E-state index is 11.6. The SMILES string of the molecule is Cc1ccccc1CCNC(=O)NCc1cccnc1. The predicted molar refractivity (Wildman–Crippen MR) is 79.4 cm³/mol. The Morgan fingerprint density at radius 2 is 2.00 bits per heavy atom. The number of hydrogen-bond acceptors (Lipinski definition) is 2. The number of aryl methyl sites for hydroxylation is 1. The number of aromatic nitrogens is 1. The molecule has 0 unspecified atom stereocenters. The number of amides is 2. The van der Waals surface area contributed by atoms with Crippen molar-refractivity contribution in [2.24, 2.45) is 0 Å². The first-order chi connectivity index (χ1) is 9.75. The van der Waals surface area contributed by atoms with Gasteiger partial charge in [0.1, 0.15) is 0 Å². The van der Waals surface area contributed by atoms with Crippen LogP contribution in [0.4, 0.5) is 4.79 Å². The summed E-state index contributed by atoms with van der Waals surface area (Å²) in [7, 11) is 0. The van der Waals surface area contributed by atoms with E-state index >= 15 is 0 Å². The molecule has 0 saturated carbocycles. The van der Waals surface area contributed by atoms with Crippen LogP contribution in [-0.2, 0) is 13.0 Å². The first-order valence-corrected chi connectivity index (χ1v) is 6.71. The Hall–Kier alpha value is -2.36. The van der Waals surface area contributed by atoms with Crippen LogP contribution in [0.2, 0.25) is 0 Å². The maximum atomic E-state index is 11.6. The van der Waals surface area contributed by atoms with Gasteiger partial charge >= 0.3 is 6.03 Å². The highest BCUT2D eigenvalue weighted by molar-refractivity contribution is 5.73. The molecule has 2 aromatic rings. The van der Waals surface area contributed by atoms with Crippen molar-refractivity contribution in [2.45, 2.75) is 19.9 Å². The Kier molecular flexibility index (Phi) is 5.12. The summed E-state index contributed by atoms with van der Waals surface area (Å²) < 4.78 is 0. The number of rotatable bonds is 5. The lowest BCUT2D eigenvalue weighted by molar-refractivity contribution is 0.240. The van der Waals surface area contributed by atoms with Crippen LogP contribution >= 0.6 is 0 Å². The number of pyridine rings is 1. The molecule has 104 valence electrons. The molecule has 0 aliphatic carbocycles. The standard InChI is InChI=1S/C16H19N3O/c1-13-5-2-3-7-15(13)8-10-18-16(20)19-12-14-6-4-9-17-11-14/h2-7,9,11H,8,10,12H2,1H3,(H2,18,19,20). The van der Waals surface area contributed by atoms with Gasteiger partial charge in [0.05, 0.1) is 0 Å². The van der Waals surface area contributed by atoms with Crippen LogP contribution < -0.4 is 10.6 Å². The van der Waals surface area contributed by atoms with Gasteiger partial charge in [0.15, 0.2) is 0 Å². The van der Waals surface area contributed by atoms with Crippen molar-refractivity contribution in [3.63, 3.8) is 0 Å². The van der Waals surface area contributed by atoms with Gasteiger partial charge in [-0.2, -0.15) is 0 Å². The highest BCUT2D eigenvalue weighted by Crippen LogP contribution is 2.06. The largest absolute Gasteiger partial charge is 0.338 e. The van der Waals surface area contributed by atoms with Crippen LogP contribution in [0.3, 0.4) is 0 Å². The van der Waals surface area contributed by atoms with E-state index in [4.69, 9.17) is 0 Å². The van der Waals surface area contributed by atoms with Gasteiger partial charge in [-0.1, -0.05) is 30.3 Å². The average molecular weight is 269 g/mol. The van der Waals surface area contributed by atoms with E-state index in [-0.39, 0.29) is 6.03 Å². The number of urea groups is 1. The molecule has 0 fully saturated rings. The molecule has 0 aliphatic rings. The summed E-state index contributed by atoms with van der Waals surface area (Å²) in [6, 6.07) is 11.8. The summed E-state index contributed by atoms with van der Waals surface area (Å²) >= 11 is 0. The third kappa shape index (κ3) is 4.39. The zero-order chi connectivity index (χ0) is 14.2. The van der Waals surface area contributed by atoms with Crippen molar-refractivity contribution in [2.75, 3.05) is 6.54 Å². The Labute approximate surface area is 119 Å². The Balaban J connectivity index is 1.69. The molecule has 0 atom stereocenters. The van der Waals surface area contributed by atoms with Crippen LogP contribution in [-0.4, -0.2) is 17.6 Å². The van der Waals surface area contributed by atoms with Crippen molar-refractivity contribution in [1.82, 2.24) is 15.6 Å². The van der Waals surface area contributed by atoms with Gasteiger partial charge in [-0.05, 0) is 36.1 Å². The fourth-order valence-corrected chi connectivity index (χ4v) is 1.95. The first-order valence-electron chi connectivity index (χ1n) is 6.71. The van der Waals surface area contributed by atoms with Crippen molar-refractivity contribution < 1.29 is 4.79 Å². The molecule has 2 rings (SSSR count). The van der Waals surface area contributed by atoms with Crippen LogP contribution in [0.1, 0.15) is 16.7 Å². The predicted octanol–water partition coefficient (Wildman–Crippen LogP) is 2.43. The van der Waals surface area contributed by atoms with Gasteiger partial charge in [0.25, 0.3) is 0 Å². The number of nitrogens with one attached hydrogen (secondary N) is 2. The molecule has 4 heteroatoms. The summed E-state index contributed by atoms with van der Waals surface area (Å²) in [5.41, 5.74) is 3.51. The van der Waals surface area contributed by atoms with E-state index in [0.29, 0.717) is 13.1 Å². The fourth-order valence-electron chi connectivity index (χ4n) is 1.95. The van der Waals surface area contributed by atoms with E-state index in [1.165, 1.54) is 11.1 Å². The quantitative estimate of drug-likeness (QED) is 0.876. The number of hydrogen-bond donors (Lipinski definition) is 2. The number of nitrogens with zero attached hydrogens (tertiary/aromatic N) is 1. The van der Waals surface area contributed by atoms with E-state index in [2.05, 4.69) is 34.7 Å². The van der Waals surface area contributed by atoms with E-state index in [1.54, 1.807) is 12.4 Å². The first kappa shape index (κ1) is 14.1. The fraction of sp³-hybridized carbons (Fsp3) is 0.250. The molecule has 2 N–H and O–H groups in total. The van der Waals surface area contributed by atoms with E-state index in [9.17, 15) is 4.79 Å².